The van der Waals surface area contributed by atoms with Crippen molar-refractivity contribution in [3.63, 3.8) is 0 Å². The van der Waals surface area contributed by atoms with Gasteiger partial charge < -0.3 is 5.32 Å². The monoisotopic (exact) mass is 381 g/mol. The highest BCUT2D eigenvalue weighted by atomic mass is 32.2. The van der Waals surface area contributed by atoms with Gasteiger partial charge in [-0.05, 0) is 73.5 Å². The fourth-order valence-corrected chi connectivity index (χ4v) is 3.70. The highest BCUT2D eigenvalue weighted by molar-refractivity contribution is 7.92. The Kier molecular flexibility index (Phi) is 5.23. The number of sulfonamides is 1. The number of benzene rings is 2. The molecule has 0 unspecified atom stereocenters. The predicted molar refractivity (Wildman–Crippen MR) is 105 cm³/mol. The summed E-state index contributed by atoms with van der Waals surface area (Å²) in [5.41, 5.74) is 3.22. The molecule has 0 radical (unpaired) electrons. The summed E-state index contributed by atoms with van der Waals surface area (Å²) in [6, 6.07) is 16.5. The molecule has 0 aliphatic rings. The van der Waals surface area contributed by atoms with Crippen LogP contribution in [0.2, 0.25) is 0 Å². The van der Waals surface area contributed by atoms with Gasteiger partial charge >= 0.3 is 0 Å². The Balaban J connectivity index is 1.75. The lowest BCUT2D eigenvalue weighted by atomic mass is 10.1. The maximum Gasteiger partial charge on any atom is 0.274 e. The van der Waals surface area contributed by atoms with E-state index in [9.17, 15) is 13.2 Å². The largest absolute Gasteiger partial charge is 0.321 e. The smallest absolute Gasteiger partial charge is 0.274 e. The topological polar surface area (TPSA) is 88.2 Å². The minimum Gasteiger partial charge on any atom is -0.321 e. The molecule has 0 saturated heterocycles. The molecule has 0 bridgehead atoms. The van der Waals surface area contributed by atoms with Crippen molar-refractivity contribution < 1.29 is 13.2 Å². The number of aryl methyl sites for hydroxylation is 2. The number of aromatic nitrogens is 1. The molecule has 27 heavy (non-hydrogen) atoms. The highest BCUT2D eigenvalue weighted by Crippen LogP contribution is 2.20. The standard InChI is InChI=1S/C20H19N3O3S/c1-14-11-15(2)13-17(12-14)23-27(25,26)18-8-6-16(7-9-18)22-20(24)19-5-3-4-10-21-19/h3-13,23H,1-2H3,(H,22,24). The molecule has 0 spiro atoms. The zero-order valence-corrected chi connectivity index (χ0v) is 15.7. The molecule has 3 rings (SSSR count). The number of hydrogen-bond donors (Lipinski definition) is 2. The summed E-state index contributed by atoms with van der Waals surface area (Å²) in [4.78, 5) is 16.2. The fraction of sp³-hybridized carbons (Fsp3) is 0.100. The lowest BCUT2D eigenvalue weighted by Crippen LogP contribution is -2.15. The third-order valence-electron chi connectivity index (χ3n) is 3.79. The van der Waals surface area contributed by atoms with E-state index in [1.807, 2.05) is 19.9 Å². The van der Waals surface area contributed by atoms with Crippen LogP contribution in [0.15, 0.2) is 71.8 Å². The van der Waals surface area contributed by atoms with Crippen LogP contribution in [0, 0.1) is 13.8 Å². The first-order chi connectivity index (χ1) is 12.8. The number of nitrogens with zero attached hydrogens (tertiary/aromatic N) is 1. The van der Waals surface area contributed by atoms with Gasteiger partial charge in [0.1, 0.15) is 5.69 Å². The number of pyridine rings is 1. The van der Waals surface area contributed by atoms with Crippen molar-refractivity contribution >= 4 is 27.3 Å². The third kappa shape index (κ3) is 4.71. The first kappa shape index (κ1) is 18.6. The van der Waals surface area contributed by atoms with E-state index >= 15 is 0 Å². The normalized spacial score (nSPS) is 11.0. The number of nitrogens with one attached hydrogen (secondary N) is 2. The summed E-state index contributed by atoms with van der Waals surface area (Å²) >= 11 is 0. The molecule has 1 heterocycles. The van der Waals surface area contributed by atoms with Crippen LogP contribution in [0.5, 0.6) is 0 Å². The molecule has 3 aromatic rings. The Morgan fingerprint density at radius 1 is 0.889 bits per heavy atom. The van der Waals surface area contributed by atoms with E-state index in [0.717, 1.165) is 11.1 Å². The summed E-state index contributed by atoms with van der Waals surface area (Å²) in [6.07, 6.45) is 1.53. The molecule has 138 valence electrons. The van der Waals surface area contributed by atoms with Crippen LogP contribution in [0.1, 0.15) is 21.6 Å². The van der Waals surface area contributed by atoms with Gasteiger partial charge in [-0.2, -0.15) is 0 Å². The van der Waals surface area contributed by atoms with Gasteiger partial charge in [-0.1, -0.05) is 12.1 Å². The van der Waals surface area contributed by atoms with E-state index in [1.165, 1.54) is 30.5 Å². The summed E-state index contributed by atoms with van der Waals surface area (Å²) < 4.78 is 27.7. The zero-order valence-electron chi connectivity index (χ0n) is 14.9. The van der Waals surface area contributed by atoms with Crippen molar-refractivity contribution in [1.82, 2.24) is 4.98 Å². The van der Waals surface area contributed by atoms with Crippen LogP contribution in [0.3, 0.4) is 0 Å². The second kappa shape index (κ2) is 7.59. The molecule has 0 aliphatic heterocycles. The molecule has 7 heteroatoms. The quantitative estimate of drug-likeness (QED) is 0.704. The first-order valence-corrected chi connectivity index (χ1v) is 9.75. The second-order valence-corrected chi connectivity index (χ2v) is 7.86. The van der Waals surface area contributed by atoms with Gasteiger partial charge in [0.05, 0.1) is 4.90 Å². The summed E-state index contributed by atoms with van der Waals surface area (Å²) in [6.45, 7) is 3.81. The molecule has 1 amide bonds. The summed E-state index contributed by atoms with van der Waals surface area (Å²) in [5, 5.41) is 2.68. The fourth-order valence-electron chi connectivity index (χ4n) is 2.66. The van der Waals surface area contributed by atoms with Gasteiger partial charge in [-0.3, -0.25) is 14.5 Å². The van der Waals surface area contributed by atoms with Gasteiger partial charge in [-0.15, -0.1) is 0 Å². The predicted octanol–water partition coefficient (Wildman–Crippen LogP) is 3.75. The van der Waals surface area contributed by atoms with Crippen molar-refractivity contribution in [3.05, 3.63) is 83.7 Å². The van der Waals surface area contributed by atoms with Gasteiger partial charge in [-0.25, -0.2) is 8.42 Å². The minimum absolute atomic E-state index is 0.109. The molecular formula is C20H19N3O3S. The van der Waals surface area contributed by atoms with Crippen molar-refractivity contribution in [2.45, 2.75) is 18.7 Å². The average molecular weight is 381 g/mol. The van der Waals surface area contributed by atoms with Crippen molar-refractivity contribution in [3.8, 4) is 0 Å². The van der Waals surface area contributed by atoms with Crippen LogP contribution < -0.4 is 10.0 Å². The van der Waals surface area contributed by atoms with Gasteiger partial charge in [0.15, 0.2) is 0 Å². The zero-order chi connectivity index (χ0) is 19.4. The van der Waals surface area contributed by atoms with E-state index in [2.05, 4.69) is 15.0 Å². The Bertz CT molecular complexity index is 1040. The molecule has 2 aromatic carbocycles. The van der Waals surface area contributed by atoms with Gasteiger partial charge in [0.2, 0.25) is 0 Å². The lowest BCUT2D eigenvalue weighted by Gasteiger charge is -2.11. The van der Waals surface area contributed by atoms with E-state index in [4.69, 9.17) is 0 Å². The number of anilines is 2. The lowest BCUT2D eigenvalue weighted by molar-refractivity contribution is 0.102. The summed E-state index contributed by atoms with van der Waals surface area (Å²) in [5.74, 6) is -0.362. The Morgan fingerprint density at radius 3 is 2.15 bits per heavy atom. The number of carbonyl (C=O) groups is 1. The molecule has 0 saturated carbocycles. The Morgan fingerprint density at radius 2 is 1.56 bits per heavy atom. The maximum atomic E-state index is 12.6. The first-order valence-electron chi connectivity index (χ1n) is 8.27. The van der Waals surface area contributed by atoms with Crippen LogP contribution in [-0.4, -0.2) is 19.3 Å². The highest BCUT2D eigenvalue weighted by Gasteiger charge is 2.15. The number of carbonyl (C=O) groups excluding carboxylic acids is 1. The SMILES string of the molecule is Cc1cc(C)cc(NS(=O)(=O)c2ccc(NC(=O)c3ccccn3)cc2)c1. The van der Waals surface area contributed by atoms with Crippen LogP contribution in [0.4, 0.5) is 11.4 Å². The van der Waals surface area contributed by atoms with Crippen LogP contribution >= 0.6 is 0 Å². The van der Waals surface area contributed by atoms with Crippen molar-refractivity contribution in [2.75, 3.05) is 10.0 Å². The number of rotatable bonds is 5. The Labute approximate surface area is 158 Å². The van der Waals surface area contributed by atoms with Crippen LogP contribution in [-0.2, 0) is 10.0 Å². The number of amides is 1. The van der Waals surface area contributed by atoms with E-state index in [-0.39, 0.29) is 16.5 Å². The summed E-state index contributed by atoms with van der Waals surface area (Å²) in [7, 11) is -3.72. The third-order valence-corrected chi connectivity index (χ3v) is 5.19. The van der Waals surface area contributed by atoms with Crippen LogP contribution in [0.25, 0.3) is 0 Å². The molecule has 0 aliphatic carbocycles. The van der Waals surface area contributed by atoms with Crippen molar-refractivity contribution in [2.24, 2.45) is 0 Å². The van der Waals surface area contributed by atoms with Crippen molar-refractivity contribution in [1.29, 1.82) is 0 Å². The van der Waals surface area contributed by atoms with Gasteiger partial charge in [0, 0.05) is 17.6 Å². The molecular weight excluding hydrogens is 362 g/mol. The molecule has 2 N–H and O–H groups in total. The molecule has 0 fully saturated rings. The maximum absolute atomic E-state index is 12.6. The van der Waals surface area contributed by atoms with E-state index in [1.54, 1.807) is 30.3 Å². The molecule has 6 nitrogen and oxygen atoms in total. The molecule has 1 aromatic heterocycles. The average Bonchev–Trinajstić information content (AvgIpc) is 2.61. The minimum atomic E-state index is -3.72. The molecule has 0 atom stereocenters. The Hall–Kier alpha value is -3.19. The van der Waals surface area contributed by atoms with E-state index < -0.39 is 10.0 Å². The van der Waals surface area contributed by atoms with Gasteiger partial charge in [0.25, 0.3) is 15.9 Å². The second-order valence-electron chi connectivity index (χ2n) is 6.18. The van der Waals surface area contributed by atoms with E-state index in [0.29, 0.717) is 11.4 Å². The number of hydrogen-bond acceptors (Lipinski definition) is 4.